The molecule has 0 spiro atoms. The molecular formula is C82H48BrFN4O8. The summed E-state index contributed by atoms with van der Waals surface area (Å²) < 4.78 is 8.97. The highest BCUT2D eigenvalue weighted by molar-refractivity contribution is 9.10. The summed E-state index contributed by atoms with van der Waals surface area (Å²) in [6.45, 7) is 1.98. The smallest absolute Gasteiger partial charge is 0.197 e. The highest BCUT2D eigenvalue weighted by Gasteiger charge is 2.22. The molecule has 8 heterocycles. The zero-order valence-corrected chi connectivity index (χ0v) is 51.5. The van der Waals surface area contributed by atoms with Crippen molar-refractivity contribution < 1.29 is 4.70 Å². The van der Waals surface area contributed by atoms with Gasteiger partial charge in [-0.25, -0.2) is 0 Å². The zero-order chi connectivity index (χ0) is 63.7. The Hall–Kier alpha value is -12.4. The van der Waals surface area contributed by atoms with Crippen LogP contribution in [0.1, 0.15) is 13.0 Å². The first-order valence-corrected chi connectivity index (χ1v) is 31.3. The zero-order valence-electron chi connectivity index (χ0n) is 49.9. The quantitative estimate of drug-likeness (QED) is 0.116. The van der Waals surface area contributed by atoms with E-state index in [-0.39, 0.29) is 55.6 Å². The Morgan fingerprint density at radius 3 is 0.750 bits per heavy atom. The minimum absolute atomic E-state index is 0. The van der Waals surface area contributed by atoms with Crippen molar-refractivity contribution in [3.8, 4) is 11.1 Å². The maximum absolute atomic E-state index is 14.0. The summed E-state index contributed by atoms with van der Waals surface area (Å²) in [6.07, 6.45) is 0. The average Bonchev–Trinajstić information content (AvgIpc) is 0.733. The molecule has 0 aliphatic heterocycles. The number of halogens is 2. The summed E-state index contributed by atoms with van der Waals surface area (Å²) in [7, 11) is 0. The Bertz CT molecular complexity index is 6920. The molecule has 12 aromatic carbocycles. The molecule has 14 heteroatoms. The summed E-state index contributed by atoms with van der Waals surface area (Å²) in [5.74, 6) is 0. The number of nitrogens with zero attached hydrogens (tertiary/aromatic N) is 4. The van der Waals surface area contributed by atoms with E-state index in [2.05, 4.69) is 20.3 Å². The number of fused-ring (bicyclic) bond motifs is 16. The van der Waals surface area contributed by atoms with Crippen LogP contribution in [0.4, 0.5) is 4.70 Å². The maximum atomic E-state index is 14.0. The fraction of sp³-hybridized carbons (Fsp3) is 0.0244. The monoisotopic (exact) mass is 1310 g/mol. The van der Waals surface area contributed by atoms with Gasteiger partial charge in [-0.05, 0) is 170 Å². The van der Waals surface area contributed by atoms with Crippen molar-refractivity contribution >= 4 is 168 Å². The second-order valence-electron chi connectivity index (χ2n) is 24.0. The second-order valence-corrected chi connectivity index (χ2v) is 24.9. The number of rotatable bonds is 1. The molecule has 0 saturated carbocycles. The fourth-order valence-electron chi connectivity index (χ4n) is 14.8. The van der Waals surface area contributed by atoms with Crippen LogP contribution >= 0.6 is 15.9 Å². The predicted octanol–water partition coefficient (Wildman–Crippen LogP) is 16.1. The van der Waals surface area contributed by atoms with Gasteiger partial charge >= 0.3 is 0 Å². The van der Waals surface area contributed by atoms with Gasteiger partial charge in [-0.2, -0.15) is 0 Å². The molecule has 0 bridgehead atoms. The van der Waals surface area contributed by atoms with Gasteiger partial charge in [-0.1, -0.05) is 120 Å². The summed E-state index contributed by atoms with van der Waals surface area (Å²) >= 11 is 3.44. The van der Waals surface area contributed by atoms with Crippen molar-refractivity contribution in [3.63, 3.8) is 0 Å². The summed E-state index contributed by atoms with van der Waals surface area (Å²) in [5.41, 5.74) is 10.8. The van der Waals surface area contributed by atoms with Crippen molar-refractivity contribution in [1.29, 1.82) is 0 Å². The van der Waals surface area contributed by atoms with E-state index in [1.807, 2.05) is 190 Å². The van der Waals surface area contributed by atoms with Gasteiger partial charge in [-0.3, -0.25) is 43.1 Å². The number of benzene rings is 12. The third-order valence-corrected chi connectivity index (χ3v) is 19.4. The molecule has 0 aliphatic carbocycles. The van der Waals surface area contributed by atoms with Gasteiger partial charge in [0.25, 0.3) is 0 Å². The minimum Gasteiger partial charge on any atom is -0.308 e. The van der Waals surface area contributed by atoms with Crippen molar-refractivity contribution in [2.24, 2.45) is 0 Å². The van der Waals surface area contributed by atoms with Crippen LogP contribution in [0.15, 0.2) is 285 Å². The molecule has 0 saturated heterocycles. The van der Waals surface area contributed by atoms with E-state index in [1.165, 1.54) is 0 Å². The molecule has 0 fully saturated rings. The number of hydrogen-bond donors (Lipinski definition) is 0. The number of aromatic nitrogens is 4. The van der Waals surface area contributed by atoms with Gasteiger partial charge in [0.05, 0.1) is 66.2 Å². The number of para-hydroxylation sites is 8. The van der Waals surface area contributed by atoms with Crippen LogP contribution < -0.4 is 43.4 Å². The SMILES string of the molecule is C.Cc1ccc2c(c1)c(=O)c1cccc3c(=O)c4ccccc4n2c31.F.O=c1c2ccccc2n2c3ccc(-c4ccc5c(c4)c(=O)c4cccc6c(=O)c7ccccc7n5c64)cc3c(=O)c3cccc1c32.O=c1c2ccccc2n2c3ccc(Br)cc3c(=O)c3cccc1c32. The number of hydrogen-bond acceptors (Lipinski definition) is 8. The average molecular weight is 1320 g/mol. The lowest BCUT2D eigenvalue weighted by atomic mass is 9.97. The molecule has 0 N–H and O–H groups in total. The van der Waals surface area contributed by atoms with Gasteiger partial charge in [-0.15, -0.1) is 0 Å². The highest BCUT2D eigenvalue weighted by Crippen LogP contribution is 2.35. The molecule has 0 unspecified atom stereocenters. The summed E-state index contributed by atoms with van der Waals surface area (Å²) in [5, 5.41) is 9.19. The Balaban J connectivity index is 0.000000123. The molecule has 20 aromatic rings. The lowest BCUT2D eigenvalue weighted by Crippen LogP contribution is -2.14. The Morgan fingerprint density at radius 1 is 0.229 bits per heavy atom. The van der Waals surface area contributed by atoms with Crippen molar-refractivity contribution in [3.05, 3.63) is 334 Å². The number of pyridine rings is 8. The standard InChI is InChI=1S/C40H20N2O4.C21H13NO2.C20H10BrNO2.CH4.FH/c43-37-23-7-1-3-13-31(23)41-33-17-15-21(19-29(33)39(45)27-11-5-9-25(37)35(27)41)22-16-18-34-30(20-22)40(46)28-12-6-10-26-36(28)42(34)32-14-4-2-8-24(32)38(26)44;1-12-9-10-18-16(11-12)21(24)15-7-4-6-14-19(15)22(18)17-8-3-2-5-13(17)20(14)23;21-11-8-9-17-15(10-11)20(24)14-6-3-5-13-18(14)22(17)16-7-2-1-4-12(16)19(13)23;;/h1-20H;2-11H,1H3;1-10H;1H4;1H. The summed E-state index contributed by atoms with van der Waals surface area (Å²) in [6, 6.07) is 74.5. The van der Waals surface area contributed by atoms with E-state index in [0.717, 1.165) is 54.3 Å². The molecule has 12 nitrogen and oxygen atoms in total. The first-order valence-electron chi connectivity index (χ1n) is 30.5. The van der Waals surface area contributed by atoms with Crippen LogP contribution in [0.2, 0.25) is 0 Å². The van der Waals surface area contributed by atoms with E-state index in [4.69, 9.17) is 0 Å². The van der Waals surface area contributed by atoms with Crippen LogP contribution in [0, 0.1) is 6.92 Å². The molecule has 20 rings (SSSR count). The van der Waals surface area contributed by atoms with E-state index in [1.54, 1.807) is 72.8 Å². The van der Waals surface area contributed by atoms with Gasteiger partial charge in [0.2, 0.25) is 0 Å². The second kappa shape index (κ2) is 21.6. The first kappa shape index (κ1) is 58.7. The molecule has 0 amide bonds. The summed E-state index contributed by atoms with van der Waals surface area (Å²) in [4.78, 5) is 106. The Labute approximate surface area is 547 Å². The van der Waals surface area contributed by atoms with Gasteiger partial charge in [0.15, 0.2) is 43.4 Å². The fourth-order valence-corrected chi connectivity index (χ4v) is 15.1. The normalized spacial score (nSPS) is 11.8. The maximum Gasteiger partial charge on any atom is 0.197 e. The van der Waals surface area contributed by atoms with Crippen LogP contribution in [-0.2, 0) is 0 Å². The van der Waals surface area contributed by atoms with E-state index < -0.39 is 0 Å². The van der Waals surface area contributed by atoms with Crippen LogP contribution in [0.5, 0.6) is 0 Å². The largest absolute Gasteiger partial charge is 0.308 e. The van der Waals surface area contributed by atoms with Crippen molar-refractivity contribution in [2.45, 2.75) is 14.4 Å². The van der Waals surface area contributed by atoms with E-state index in [0.29, 0.717) is 119 Å². The van der Waals surface area contributed by atoms with E-state index in [9.17, 15) is 38.4 Å². The third-order valence-electron chi connectivity index (χ3n) is 18.9. The van der Waals surface area contributed by atoms with Crippen molar-refractivity contribution in [1.82, 2.24) is 17.6 Å². The van der Waals surface area contributed by atoms with Crippen LogP contribution in [-0.4, -0.2) is 17.6 Å². The molecule has 8 aromatic heterocycles. The lowest BCUT2D eigenvalue weighted by Gasteiger charge is -2.16. The van der Waals surface area contributed by atoms with Crippen LogP contribution in [0.3, 0.4) is 0 Å². The molecule has 96 heavy (non-hydrogen) atoms. The van der Waals surface area contributed by atoms with Crippen molar-refractivity contribution in [2.75, 3.05) is 0 Å². The lowest BCUT2D eigenvalue weighted by molar-refractivity contribution is 1.11. The molecule has 0 aliphatic rings. The topological polar surface area (TPSA) is 154 Å². The first-order chi connectivity index (χ1) is 45.8. The third kappa shape index (κ3) is 8.12. The Kier molecular flexibility index (Phi) is 13.2. The van der Waals surface area contributed by atoms with Gasteiger partial charge in [0, 0.05) is 90.7 Å². The van der Waals surface area contributed by atoms with Gasteiger partial charge in [0.1, 0.15) is 0 Å². The van der Waals surface area contributed by atoms with Gasteiger partial charge < -0.3 is 17.6 Å². The highest BCUT2D eigenvalue weighted by atomic mass is 79.9. The van der Waals surface area contributed by atoms with Crippen LogP contribution in [0.25, 0.3) is 164 Å². The molecule has 0 radical (unpaired) electrons. The molecule has 458 valence electrons. The van der Waals surface area contributed by atoms with E-state index >= 15 is 0 Å². The molecule has 0 atom stereocenters. The minimum atomic E-state index is -0.151. The number of aryl methyl sites for hydroxylation is 1. The Morgan fingerprint density at radius 2 is 0.448 bits per heavy atom. The molecular weight excluding hydrogens is 1270 g/mol. The predicted molar refractivity (Wildman–Crippen MR) is 395 cm³/mol.